The number of nitrogens with one attached hydrogen (secondary N) is 1. The number of aliphatic hydroxyl groups excluding tert-OH is 1. The molecule has 2 aromatic carbocycles. The average molecular weight is 488 g/mol. The minimum Gasteiger partial charge on any atom is -0.444 e. The molecule has 0 saturated carbocycles. The first-order valence-electron chi connectivity index (χ1n) is 10.6. The number of aromatic nitrogens is 1. The van der Waals surface area contributed by atoms with Crippen LogP contribution in [0.2, 0.25) is 10.0 Å². The summed E-state index contributed by atoms with van der Waals surface area (Å²) in [7, 11) is 0. The van der Waals surface area contributed by atoms with Gasteiger partial charge in [0.2, 0.25) is 11.8 Å². The third-order valence-electron chi connectivity index (χ3n) is 5.70. The Morgan fingerprint density at radius 2 is 2.03 bits per heavy atom. The number of carbonyl (C=O) groups excluding carboxylic acids is 2. The number of aliphatic hydroxyl groups is 1. The summed E-state index contributed by atoms with van der Waals surface area (Å²) in [4.78, 5) is 31.3. The molecule has 2 heterocycles. The lowest BCUT2D eigenvalue weighted by atomic mass is 10.0. The van der Waals surface area contributed by atoms with Crippen LogP contribution < -0.4 is 5.32 Å². The number of amides is 2. The van der Waals surface area contributed by atoms with Gasteiger partial charge in [0.05, 0.1) is 18.7 Å². The lowest BCUT2D eigenvalue weighted by molar-refractivity contribution is -0.140. The zero-order valence-electron chi connectivity index (χ0n) is 17.7. The molecule has 0 aliphatic carbocycles. The summed E-state index contributed by atoms with van der Waals surface area (Å²) in [6.07, 6.45) is 3.11. The van der Waals surface area contributed by atoms with Gasteiger partial charge in [-0.25, -0.2) is 4.98 Å². The fourth-order valence-corrected chi connectivity index (χ4v) is 4.44. The van der Waals surface area contributed by atoms with Crippen LogP contribution in [0.1, 0.15) is 36.5 Å². The molecular formula is C24H23Cl2N3O4. The molecule has 2 atom stereocenters. The Labute approximate surface area is 201 Å². The topological polar surface area (TPSA) is 95.7 Å². The Kier molecular flexibility index (Phi) is 7.33. The van der Waals surface area contributed by atoms with Crippen molar-refractivity contribution in [3.63, 3.8) is 0 Å². The van der Waals surface area contributed by atoms with Gasteiger partial charge in [-0.15, -0.1) is 0 Å². The van der Waals surface area contributed by atoms with Crippen molar-refractivity contribution >= 4 is 35.0 Å². The van der Waals surface area contributed by atoms with Gasteiger partial charge in [-0.1, -0.05) is 35.3 Å². The van der Waals surface area contributed by atoms with E-state index in [-0.39, 0.29) is 24.8 Å². The molecule has 7 nitrogen and oxygen atoms in total. The lowest BCUT2D eigenvalue weighted by Gasteiger charge is -2.25. The molecule has 2 amide bonds. The van der Waals surface area contributed by atoms with Crippen LogP contribution in [0.5, 0.6) is 0 Å². The van der Waals surface area contributed by atoms with Crippen molar-refractivity contribution in [3.05, 3.63) is 76.2 Å². The molecule has 3 aromatic rings. The molecule has 0 bridgehead atoms. The van der Waals surface area contributed by atoms with Crippen LogP contribution >= 0.6 is 23.2 Å². The number of hydrogen-bond acceptors (Lipinski definition) is 5. The molecule has 9 heteroatoms. The van der Waals surface area contributed by atoms with Crippen LogP contribution in [-0.4, -0.2) is 39.4 Å². The third kappa shape index (κ3) is 5.55. The highest BCUT2D eigenvalue weighted by Gasteiger charge is 2.34. The Morgan fingerprint density at radius 1 is 1.21 bits per heavy atom. The molecule has 1 unspecified atom stereocenters. The first-order valence-corrected chi connectivity index (χ1v) is 11.4. The normalized spacial score (nSPS) is 16.6. The first kappa shape index (κ1) is 23.3. The van der Waals surface area contributed by atoms with Crippen LogP contribution in [0.25, 0.3) is 11.3 Å². The Balaban J connectivity index is 1.40. The van der Waals surface area contributed by atoms with Crippen LogP contribution in [0, 0.1) is 0 Å². The van der Waals surface area contributed by atoms with Crippen molar-refractivity contribution in [2.45, 2.75) is 38.0 Å². The van der Waals surface area contributed by atoms with Gasteiger partial charge >= 0.3 is 0 Å². The number of oxazole rings is 1. The maximum absolute atomic E-state index is 13.0. The number of rotatable bonds is 7. The van der Waals surface area contributed by atoms with Crippen LogP contribution in [0.3, 0.4) is 0 Å². The SMILES string of the molecule is O=C(NCc1cc(Cl)ccc1-c1cnco1)C1CCCN1C(=O)C[C@H](O)c1cccc(Cl)c1. The smallest absolute Gasteiger partial charge is 0.243 e. The largest absolute Gasteiger partial charge is 0.444 e. The molecule has 1 aliphatic rings. The molecule has 172 valence electrons. The van der Waals surface area contributed by atoms with Crippen molar-refractivity contribution in [3.8, 4) is 11.3 Å². The van der Waals surface area contributed by atoms with E-state index in [1.165, 1.54) is 6.39 Å². The zero-order valence-corrected chi connectivity index (χ0v) is 19.2. The van der Waals surface area contributed by atoms with Crippen LogP contribution in [0.4, 0.5) is 0 Å². The molecule has 0 spiro atoms. The molecule has 1 fully saturated rings. The molecule has 2 N–H and O–H groups in total. The van der Waals surface area contributed by atoms with Gasteiger partial charge in [0.25, 0.3) is 0 Å². The molecule has 1 saturated heterocycles. The molecule has 0 radical (unpaired) electrons. The summed E-state index contributed by atoms with van der Waals surface area (Å²) in [5, 5.41) is 14.4. The van der Waals surface area contributed by atoms with Gasteiger partial charge in [-0.05, 0) is 54.3 Å². The Bertz CT molecular complexity index is 1140. The second kappa shape index (κ2) is 10.4. The molecular weight excluding hydrogens is 465 g/mol. The van der Waals surface area contributed by atoms with Gasteiger partial charge in [0, 0.05) is 28.7 Å². The minimum absolute atomic E-state index is 0.117. The maximum Gasteiger partial charge on any atom is 0.243 e. The van der Waals surface area contributed by atoms with Crippen LogP contribution in [-0.2, 0) is 16.1 Å². The van der Waals surface area contributed by atoms with E-state index in [9.17, 15) is 14.7 Å². The second-order valence-corrected chi connectivity index (χ2v) is 8.78. The third-order valence-corrected chi connectivity index (χ3v) is 6.17. The maximum atomic E-state index is 13.0. The summed E-state index contributed by atoms with van der Waals surface area (Å²) < 4.78 is 5.38. The van der Waals surface area contributed by atoms with Gasteiger partial charge in [-0.2, -0.15) is 0 Å². The van der Waals surface area contributed by atoms with E-state index in [1.54, 1.807) is 47.5 Å². The van der Waals surface area contributed by atoms with Crippen LogP contribution in [0.15, 0.2) is 59.5 Å². The highest BCUT2D eigenvalue weighted by molar-refractivity contribution is 6.31. The Hall–Kier alpha value is -2.87. The molecule has 1 aromatic heterocycles. The molecule has 1 aliphatic heterocycles. The number of likely N-dealkylation sites (tertiary alicyclic amines) is 1. The fourth-order valence-electron chi connectivity index (χ4n) is 4.05. The van der Waals surface area contributed by atoms with E-state index in [0.29, 0.717) is 34.3 Å². The van der Waals surface area contributed by atoms with Crippen molar-refractivity contribution in [2.24, 2.45) is 0 Å². The summed E-state index contributed by atoms with van der Waals surface area (Å²) in [6, 6.07) is 11.5. The second-order valence-electron chi connectivity index (χ2n) is 7.91. The first-order chi connectivity index (χ1) is 15.9. The number of nitrogens with zero attached hydrogens (tertiary/aromatic N) is 2. The quantitative estimate of drug-likeness (QED) is 0.515. The van der Waals surface area contributed by atoms with E-state index >= 15 is 0 Å². The predicted octanol–water partition coefficient (Wildman–Crippen LogP) is 4.38. The number of benzene rings is 2. The number of hydrogen-bond donors (Lipinski definition) is 2. The summed E-state index contributed by atoms with van der Waals surface area (Å²) in [5.41, 5.74) is 2.12. The fraction of sp³-hybridized carbons (Fsp3) is 0.292. The average Bonchev–Trinajstić information content (AvgIpc) is 3.50. The highest BCUT2D eigenvalue weighted by Crippen LogP contribution is 2.27. The summed E-state index contributed by atoms with van der Waals surface area (Å²) >= 11 is 12.1. The minimum atomic E-state index is -0.989. The van der Waals surface area contributed by atoms with E-state index in [1.807, 2.05) is 6.07 Å². The van der Waals surface area contributed by atoms with E-state index in [0.717, 1.165) is 17.5 Å². The number of halogens is 2. The molecule has 4 rings (SSSR count). The van der Waals surface area contributed by atoms with Crippen molar-refractivity contribution in [2.75, 3.05) is 6.54 Å². The zero-order chi connectivity index (χ0) is 23.4. The van der Waals surface area contributed by atoms with Gasteiger partial charge in [0.15, 0.2) is 12.2 Å². The summed E-state index contributed by atoms with van der Waals surface area (Å²) in [5.74, 6) is 0.0513. The Morgan fingerprint density at radius 3 is 2.79 bits per heavy atom. The predicted molar refractivity (Wildman–Crippen MR) is 125 cm³/mol. The van der Waals surface area contributed by atoms with Gasteiger partial charge in [0.1, 0.15) is 6.04 Å². The van der Waals surface area contributed by atoms with E-state index < -0.39 is 12.1 Å². The molecule has 33 heavy (non-hydrogen) atoms. The lowest BCUT2D eigenvalue weighted by Crippen LogP contribution is -2.46. The number of carbonyl (C=O) groups is 2. The van der Waals surface area contributed by atoms with Crippen molar-refractivity contribution < 1.29 is 19.1 Å². The van der Waals surface area contributed by atoms with Gasteiger partial charge < -0.3 is 19.7 Å². The monoisotopic (exact) mass is 487 g/mol. The summed E-state index contributed by atoms with van der Waals surface area (Å²) in [6.45, 7) is 0.693. The highest BCUT2D eigenvalue weighted by atomic mass is 35.5. The van der Waals surface area contributed by atoms with Crippen molar-refractivity contribution in [1.29, 1.82) is 0 Å². The van der Waals surface area contributed by atoms with E-state index in [4.69, 9.17) is 27.6 Å². The van der Waals surface area contributed by atoms with E-state index in [2.05, 4.69) is 10.3 Å². The standard InChI is InChI=1S/C24H23Cl2N3O4/c25-17-4-1-3-15(9-17)21(30)11-23(31)29-8-2-5-20(29)24(32)28-12-16-10-18(26)6-7-19(16)22-13-27-14-33-22/h1,3-4,6-7,9-10,13-14,20-21,30H,2,5,8,11-12H2,(H,28,32)/t20?,21-/m0/s1. The van der Waals surface area contributed by atoms with Crippen molar-refractivity contribution in [1.82, 2.24) is 15.2 Å². The van der Waals surface area contributed by atoms with Gasteiger partial charge in [-0.3, -0.25) is 9.59 Å².